The zero-order valence-electron chi connectivity index (χ0n) is 13.5. The number of hydrogen-bond donors (Lipinski definition) is 1. The fourth-order valence-corrected chi connectivity index (χ4v) is 2.92. The highest BCUT2D eigenvalue weighted by Crippen LogP contribution is 2.44. The first kappa shape index (κ1) is 17.3. The molecule has 1 N–H and O–H groups in total. The lowest BCUT2D eigenvalue weighted by molar-refractivity contribution is 0.0379. The smallest absolute Gasteiger partial charge is 0.339 e. The highest BCUT2D eigenvalue weighted by molar-refractivity contribution is 9.10. The average molecular weight is 379 g/mol. The van der Waals surface area contributed by atoms with E-state index in [1.54, 1.807) is 38.1 Å². The molecule has 0 saturated carbocycles. The Labute approximate surface area is 144 Å². The van der Waals surface area contributed by atoms with E-state index in [0.717, 1.165) is 5.56 Å². The van der Waals surface area contributed by atoms with Crippen molar-refractivity contribution in [2.24, 2.45) is 0 Å². The molecule has 0 amide bonds. The van der Waals surface area contributed by atoms with E-state index in [1.165, 1.54) is 7.11 Å². The van der Waals surface area contributed by atoms with Gasteiger partial charge in [-0.1, -0.05) is 28.1 Å². The number of phenols is 1. The summed E-state index contributed by atoms with van der Waals surface area (Å²) in [6.45, 7) is 5.48. The summed E-state index contributed by atoms with van der Waals surface area (Å²) >= 11 is 3.45. The van der Waals surface area contributed by atoms with Gasteiger partial charge in [0, 0.05) is 15.6 Å². The highest BCUT2D eigenvalue weighted by Gasteiger charge is 2.23. The molecule has 0 aliphatic rings. The maximum absolute atomic E-state index is 12.4. The number of rotatable bonds is 4. The van der Waals surface area contributed by atoms with Gasteiger partial charge in [0.2, 0.25) is 0 Å². The Morgan fingerprint density at radius 1 is 1.17 bits per heavy atom. The van der Waals surface area contributed by atoms with Gasteiger partial charge in [-0.3, -0.25) is 0 Å². The molecule has 0 saturated heterocycles. The monoisotopic (exact) mass is 378 g/mol. The number of methoxy groups -OCH3 is 1. The van der Waals surface area contributed by atoms with Crippen molar-refractivity contribution in [3.8, 4) is 22.6 Å². The van der Waals surface area contributed by atoms with Gasteiger partial charge < -0.3 is 14.6 Å². The molecule has 0 aliphatic heterocycles. The van der Waals surface area contributed by atoms with E-state index in [-0.39, 0.29) is 11.9 Å². The van der Waals surface area contributed by atoms with Crippen molar-refractivity contribution in [2.45, 2.75) is 26.9 Å². The molecule has 0 fully saturated rings. The van der Waals surface area contributed by atoms with Crippen molar-refractivity contribution in [3.05, 3.63) is 45.9 Å². The lowest BCUT2D eigenvalue weighted by Gasteiger charge is -2.17. The Balaban J connectivity index is 2.72. The number of benzene rings is 2. The van der Waals surface area contributed by atoms with Crippen LogP contribution in [0.3, 0.4) is 0 Å². The molecule has 2 aromatic carbocycles. The molecule has 0 aromatic heterocycles. The summed E-state index contributed by atoms with van der Waals surface area (Å²) in [5, 5.41) is 10.5. The molecule has 0 heterocycles. The Bertz CT molecular complexity index is 738. The minimum atomic E-state index is -0.423. The summed E-state index contributed by atoms with van der Waals surface area (Å²) in [7, 11) is 1.48. The normalized spacial score (nSPS) is 10.7. The number of hydrogen-bond acceptors (Lipinski definition) is 4. The second-order valence-corrected chi connectivity index (χ2v) is 6.28. The van der Waals surface area contributed by atoms with Crippen molar-refractivity contribution in [1.29, 1.82) is 0 Å². The van der Waals surface area contributed by atoms with Crippen molar-refractivity contribution < 1.29 is 19.4 Å². The Kier molecular flexibility index (Phi) is 5.31. The molecular formula is C18H19BrO4. The number of halogens is 1. The topological polar surface area (TPSA) is 55.8 Å². The van der Waals surface area contributed by atoms with Gasteiger partial charge >= 0.3 is 5.97 Å². The second-order valence-electron chi connectivity index (χ2n) is 5.42. The van der Waals surface area contributed by atoms with E-state index in [1.807, 2.05) is 13.0 Å². The van der Waals surface area contributed by atoms with Crippen LogP contribution in [-0.2, 0) is 4.74 Å². The molecule has 0 unspecified atom stereocenters. The van der Waals surface area contributed by atoms with Crippen LogP contribution in [0.1, 0.15) is 29.8 Å². The van der Waals surface area contributed by atoms with Crippen LogP contribution in [0.4, 0.5) is 0 Å². The molecule has 0 spiro atoms. The van der Waals surface area contributed by atoms with E-state index >= 15 is 0 Å². The predicted molar refractivity (Wildman–Crippen MR) is 93.1 cm³/mol. The van der Waals surface area contributed by atoms with Crippen LogP contribution in [0, 0.1) is 6.92 Å². The zero-order chi connectivity index (χ0) is 17.1. The van der Waals surface area contributed by atoms with Gasteiger partial charge in [-0.25, -0.2) is 4.79 Å². The minimum Gasteiger partial charge on any atom is -0.504 e. The van der Waals surface area contributed by atoms with Gasteiger partial charge in [-0.15, -0.1) is 0 Å². The van der Waals surface area contributed by atoms with E-state index in [0.29, 0.717) is 26.9 Å². The Morgan fingerprint density at radius 2 is 1.87 bits per heavy atom. The molecule has 0 bridgehead atoms. The summed E-state index contributed by atoms with van der Waals surface area (Å²) in [6.07, 6.45) is -0.224. The van der Waals surface area contributed by atoms with Crippen LogP contribution in [-0.4, -0.2) is 24.3 Å². The number of esters is 1. The van der Waals surface area contributed by atoms with E-state index < -0.39 is 5.97 Å². The van der Waals surface area contributed by atoms with Crippen molar-refractivity contribution in [2.75, 3.05) is 7.11 Å². The van der Waals surface area contributed by atoms with Crippen molar-refractivity contribution in [1.82, 2.24) is 0 Å². The quantitative estimate of drug-likeness (QED) is 0.783. The molecule has 2 rings (SSSR count). The van der Waals surface area contributed by atoms with E-state index in [2.05, 4.69) is 15.9 Å². The standard InChI is InChI=1S/C18H19BrO4/c1-10(2)23-18(21)12-7-5-6-11(3)15(12)16-13(19)8-9-14(22-4)17(16)20/h5-10,20H,1-4H3. The van der Waals surface area contributed by atoms with Gasteiger partial charge in [-0.2, -0.15) is 0 Å². The lowest BCUT2D eigenvalue weighted by atomic mass is 9.94. The average Bonchev–Trinajstić information content (AvgIpc) is 2.48. The lowest BCUT2D eigenvalue weighted by Crippen LogP contribution is -2.13. The minimum absolute atomic E-state index is 0.0187. The first-order chi connectivity index (χ1) is 10.9. The van der Waals surface area contributed by atoms with Crippen LogP contribution in [0.5, 0.6) is 11.5 Å². The molecular weight excluding hydrogens is 360 g/mol. The maximum Gasteiger partial charge on any atom is 0.339 e. The predicted octanol–water partition coefficient (Wildman–Crippen LogP) is 4.70. The van der Waals surface area contributed by atoms with E-state index in [9.17, 15) is 9.90 Å². The van der Waals surface area contributed by atoms with Gasteiger partial charge in [0.25, 0.3) is 0 Å². The number of ether oxygens (including phenoxy) is 2. The van der Waals surface area contributed by atoms with Crippen LogP contribution >= 0.6 is 15.9 Å². The largest absolute Gasteiger partial charge is 0.504 e. The zero-order valence-corrected chi connectivity index (χ0v) is 15.1. The number of aryl methyl sites for hydroxylation is 1. The molecule has 23 heavy (non-hydrogen) atoms. The van der Waals surface area contributed by atoms with E-state index in [4.69, 9.17) is 9.47 Å². The third kappa shape index (κ3) is 3.50. The van der Waals surface area contributed by atoms with Crippen LogP contribution in [0.2, 0.25) is 0 Å². The first-order valence-electron chi connectivity index (χ1n) is 7.23. The third-order valence-electron chi connectivity index (χ3n) is 3.40. The second kappa shape index (κ2) is 7.04. The van der Waals surface area contributed by atoms with Gasteiger partial charge in [0.1, 0.15) is 0 Å². The summed E-state index contributed by atoms with van der Waals surface area (Å²) in [5.41, 5.74) is 2.40. The third-order valence-corrected chi connectivity index (χ3v) is 4.06. The number of carbonyl (C=O) groups excluding carboxylic acids is 1. The first-order valence-corrected chi connectivity index (χ1v) is 8.02. The van der Waals surface area contributed by atoms with Crippen molar-refractivity contribution >= 4 is 21.9 Å². The maximum atomic E-state index is 12.4. The highest BCUT2D eigenvalue weighted by atomic mass is 79.9. The molecule has 122 valence electrons. The van der Waals surface area contributed by atoms with Crippen LogP contribution < -0.4 is 4.74 Å². The molecule has 2 aromatic rings. The number of carbonyl (C=O) groups is 1. The molecule has 4 nitrogen and oxygen atoms in total. The van der Waals surface area contributed by atoms with Gasteiger partial charge in [0.15, 0.2) is 11.5 Å². The fraction of sp³-hybridized carbons (Fsp3) is 0.278. The SMILES string of the molecule is COc1ccc(Br)c(-c2c(C)cccc2C(=O)OC(C)C)c1O. The summed E-state index contributed by atoms with van der Waals surface area (Å²) in [6, 6.07) is 8.80. The molecule has 0 radical (unpaired) electrons. The van der Waals surface area contributed by atoms with Crippen LogP contribution in [0.15, 0.2) is 34.8 Å². The Hall–Kier alpha value is -2.01. The molecule has 5 heteroatoms. The van der Waals surface area contributed by atoms with Crippen molar-refractivity contribution in [3.63, 3.8) is 0 Å². The summed E-state index contributed by atoms with van der Waals surface area (Å²) < 4.78 is 11.2. The molecule has 0 atom stereocenters. The summed E-state index contributed by atoms with van der Waals surface area (Å²) in [5.74, 6) is -0.0998. The fourth-order valence-electron chi connectivity index (χ4n) is 2.40. The Morgan fingerprint density at radius 3 is 2.48 bits per heavy atom. The summed E-state index contributed by atoms with van der Waals surface area (Å²) in [4.78, 5) is 12.4. The molecule has 0 aliphatic carbocycles. The number of phenolic OH excluding ortho intramolecular Hbond substituents is 1. The number of aromatic hydroxyl groups is 1. The van der Waals surface area contributed by atoms with Gasteiger partial charge in [0.05, 0.1) is 18.8 Å². The van der Waals surface area contributed by atoms with Gasteiger partial charge in [-0.05, 0) is 44.5 Å². The van der Waals surface area contributed by atoms with Crippen LogP contribution in [0.25, 0.3) is 11.1 Å².